The Hall–Kier alpha value is -1.03. The van der Waals surface area contributed by atoms with Gasteiger partial charge in [-0.1, -0.05) is 15.9 Å². The van der Waals surface area contributed by atoms with Gasteiger partial charge in [0.15, 0.2) is 0 Å². The first kappa shape index (κ1) is 11.5. The maximum absolute atomic E-state index is 11.5. The van der Waals surface area contributed by atoms with E-state index in [1.165, 1.54) is 12.8 Å². The average Bonchev–Trinajstić information content (AvgIpc) is 3.04. The van der Waals surface area contributed by atoms with Crippen LogP contribution in [-0.4, -0.2) is 12.6 Å². The molecule has 0 saturated heterocycles. The van der Waals surface area contributed by atoms with Crippen LogP contribution in [0.15, 0.2) is 22.7 Å². The number of halogens is 1. The zero-order valence-corrected chi connectivity index (χ0v) is 10.8. The van der Waals surface area contributed by atoms with Crippen molar-refractivity contribution in [3.8, 4) is 0 Å². The lowest BCUT2D eigenvalue weighted by Crippen LogP contribution is -2.30. The summed E-state index contributed by atoms with van der Waals surface area (Å²) >= 11 is 3.43. The third-order valence-corrected chi connectivity index (χ3v) is 3.55. The van der Waals surface area contributed by atoms with E-state index in [4.69, 9.17) is 0 Å². The maximum Gasteiger partial charge on any atom is 0.319 e. The molecule has 0 bridgehead atoms. The van der Waals surface area contributed by atoms with Crippen LogP contribution in [0.3, 0.4) is 0 Å². The standard InChI is InChI=1S/C12H15BrN2O/c1-8-6-10(4-5-11(8)13)15-12(16)14-7-9-2-3-9/h4-6,9H,2-3,7H2,1H3,(H2,14,15,16). The van der Waals surface area contributed by atoms with Gasteiger partial charge in [0.1, 0.15) is 0 Å². The van der Waals surface area contributed by atoms with Crippen molar-refractivity contribution in [2.24, 2.45) is 5.92 Å². The largest absolute Gasteiger partial charge is 0.338 e. The molecule has 4 heteroatoms. The first-order valence-electron chi connectivity index (χ1n) is 5.46. The third-order valence-electron chi connectivity index (χ3n) is 2.66. The van der Waals surface area contributed by atoms with Gasteiger partial charge in [-0.3, -0.25) is 0 Å². The summed E-state index contributed by atoms with van der Waals surface area (Å²) in [6, 6.07) is 5.65. The summed E-state index contributed by atoms with van der Waals surface area (Å²) in [4.78, 5) is 11.5. The zero-order valence-electron chi connectivity index (χ0n) is 9.22. The predicted molar refractivity (Wildman–Crippen MR) is 68.6 cm³/mol. The number of amides is 2. The normalized spacial score (nSPS) is 14.6. The van der Waals surface area contributed by atoms with Gasteiger partial charge in [-0.2, -0.15) is 0 Å². The average molecular weight is 283 g/mol. The lowest BCUT2D eigenvalue weighted by atomic mass is 10.2. The minimum atomic E-state index is -0.117. The highest BCUT2D eigenvalue weighted by molar-refractivity contribution is 9.10. The topological polar surface area (TPSA) is 41.1 Å². The van der Waals surface area contributed by atoms with Gasteiger partial charge < -0.3 is 10.6 Å². The molecule has 1 aromatic carbocycles. The van der Waals surface area contributed by atoms with Gasteiger partial charge >= 0.3 is 6.03 Å². The van der Waals surface area contributed by atoms with E-state index in [9.17, 15) is 4.79 Å². The predicted octanol–water partition coefficient (Wildman–Crippen LogP) is 3.29. The van der Waals surface area contributed by atoms with Gasteiger partial charge in [0.25, 0.3) is 0 Å². The molecule has 1 fully saturated rings. The van der Waals surface area contributed by atoms with Crippen LogP contribution in [-0.2, 0) is 0 Å². The molecule has 0 aromatic heterocycles. The van der Waals surface area contributed by atoms with Crippen LogP contribution in [0.25, 0.3) is 0 Å². The molecule has 0 heterocycles. The van der Waals surface area contributed by atoms with E-state index >= 15 is 0 Å². The number of carbonyl (C=O) groups is 1. The Bertz CT molecular complexity index is 402. The molecular weight excluding hydrogens is 268 g/mol. The Kier molecular flexibility index (Phi) is 3.49. The van der Waals surface area contributed by atoms with Crippen molar-refractivity contribution in [3.63, 3.8) is 0 Å². The molecule has 0 unspecified atom stereocenters. The molecule has 2 N–H and O–H groups in total. The molecular formula is C12H15BrN2O. The van der Waals surface area contributed by atoms with Crippen LogP contribution in [0.2, 0.25) is 0 Å². The van der Waals surface area contributed by atoms with Crippen molar-refractivity contribution in [2.75, 3.05) is 11.9 Å². The highest BCUT2D eigenvalue weighted by Crippen LogP contribution is 2.27. The van der Waals surface area contributed by atoms with Crippen molar-refractivity contribution >= 4 is 27.6 Å². The number of aryl methyl sites for hydroxylation is 1. The van der Waals surface area contributed by atoms with Gasteiger partial charge in [0.2, 0.25) is 0 Å². The lowest BCUT2D eigenvalue weighted by molar-refractivity contribution is 0.251. The van der Waals surface area contributed by atoms with Crippen LogP contribution < -0.4 is 10.6 Å². The molecule has 16 heavy (non-hydrogen) atoms. The van der Waals surface area contributed by atoms with Gasteiger partial charge in [-0.05, 0) is 49.4 Å². The molecule has 0 spiro atoms. The van der Waals surface area contributed by atoms with Crippen molar-refractivity contribution in [2.45, 2.75) is 19.8 Å². The number of benzene rings is 1. The fraction of sp³-hybridized carbons (Fsp3) is 0.417. The number of rotatable bonds is 3. The minimum Gasteiger partial charge on any atom is -0.338 e. The molecule has 1 aliphatic carbocycles. The SMILES string of the molecule is Cc1cc(NC(=O)NCC2CC2)ccc1Br. The smallest absolute Gasteiger partial charge is 0.319 e. The number of carbonyl (C=O) groups excluding carboxylic acids is 1. The van der Waals surface area contributed by atoms with Crippen molar-refractivity contribution in [1.82, 2.24) is 5.32 Å². The van der Waals surface area contributed by atoms with Crippen LogP contribution in [0, 0.1) is 12.8 Å². The number of hydrogen-bond acceptors (Lipinski definition) is 1. The minimum absolute atomic E-state index is 0.117. The molecule has 2 rings (SSSR count). The van der Waals surface area contributed by atoms with Gasteiger partial charge in [-0.25, -0.2) is 4.79 Å². The fourth-order valence-electron chi connectivity index (χ4n) is 1.46. The van der Waals surface area contributed by atoms with Gasteiger partial charge in [-0.15, -0.1) is 0 Å². The summed E-state index contributed by atoms with van der Waals surface area (Å²) in [7, 11) is 0. The molecule has 2 amide bonds. The molecule has 1 aromatic rings. The van der Waals surface area contributed by atoms with E-state index in [1.54, 1.807) is 0 Å². The van der Waals surface area contributed by atoms with Crippen molar-refractivity contribution in [1.29, 1.82) is 0 Å². The first-order valence-corrected chi connectivity index (χ1v) is 6.25. The summed E-state index contributed by atoms with van der Waals surface area (Å²) in [5.74, 6) is 0.706. The van der Waals surface area contributed by atoms with Crippen LogP contribution in [0.1, 0.15) is 18.4 Å². The van der Waals surface area contributed by atoms with Crippen LogP contribution in [0.5, 0.6) is 0 Å². The van der Waals surface area contributed by atoms with E-state index in [0.717, 1.165) is 22.3 Å². The second kappa shape index (κ2) is 4.87. The Morgan fingerprint density at radius 1 is 1.50 bits per heavy atom. The van der Waals surface area contributed by atoms with E-state index in [2.05, 4.69) is 26.6 Å². The van der Waals surface area contributed by atoms with Gasteiger partial charge in [0, 0.05) is 16.7 Å². The number of urea groups is 1. The van der Waals surface area contributed by atoms with E-state index in [-0.39, 0.29) is 6.03 Å². The highest BCUT2D eigenvalue weighted by atomic mass is 79.9. The molecule has 3 nitrogen and oxygen atoms in total. The Balaban J connectivity index is 1.86. The zero-order chi connectivity index (χ0) is 11.5. The maximum atomic E-state index is 11.5. The van der Waals surface area contributed by atoms with Crippen LogP contribution >= 0.6 is 15.9 Å². The monoisotopic (exact) mass is 282 g/mol. The first-order chi connectivity index (χ1) is 7.65. The Morgan fingerprint density at radius 3 is 2.88 bits per heavy atom. The Morgan fingerprint density at radius 2 is 2.25 bits per heavy atom. The summed E-state index contributed by atoms with van der Waals surface area (Å²) in [6.45, 7) is 2.79. The van der Waals surface area contributed by atoms with E-state index in [0.29, 0.717) is 5.92 Å². The highest BCUT2D eigenvalue weighted by Gasteiger charge is 2.21. The number of hydrogen-bond donors (Lipinski definition) is 2. The molecule has 86 valence electrons. The van der Waals surface area contributed by atoms with E-state index in [1.807, 2.05) is 25.1 Å². The molecule has 0 radical (unpaired) electrons. The second-order valence-corrected chi connectivity index (χ2v) is 5.10. The second-order valence-electron chi connectivity index (χ2n) is 4.24. The summed E-state index contributed by atoms with van der Waals surface area (Å²) < 4.78 is 1.05. The summed E-state index contributed by atoms with van der Waals surface area (Å²) in [5, 5.41) is 5.69. The number of anilines is 1. The Labute approximate surface area is 104 Å². The summed E-state index contributed by atoms with van der Waals surface area (Å²) in [5.41, 5.74) is 1.94. The molecule has 1 saturated carbocycles. The van der Waals surface area contributed by atoms with Crippen molar-refractivity contribution in [3.05, 3.63) is 28.2 Å². The lowest BCUT2D eigenvalue weighted by Gasteiger charge is -2.08. The molecule has 0 atom stereocenters. The quantitative estimate of drug-likeness (QED) is 0.878. The summed E-state index contributed by atoms with van der Waals surface area (Å²) in [6.07, 6.45) is 2.50. The van der Waals surface area contributed by atoms with E-state index < -0.39 is 0 Å². The van der Waals surface area contributed by atoms with Gasteiger partial charge in [0.05, 0.1) is 0 Å². The fourth-order valence-corrected chi connectivity index (χ4v) is 1.70. The third kappa shape index (κ3) is 3.23. The molecule has 1 aliphatic rings. The molecule has 0 aliphatic heterocycles. The van der Waals surface area contributed by atoms with Crippen molar-refractivity contribution < 1.29 is 4.79 Å². The van der Waals surface area contributed by atoms with Crippen LogP contribution in [0.4, 0.5) is 10.5 Å². The number of nitrogens with one attached hydrogen (secondary N) is 2.